The Morgan fingerprint density at radius 1 is 1.50 bits per heavy atom. The minimum Gasteiger partial charge on any atom is -0.386 e. The molecule has 3 N–H and O–H groups in total. The van der Waals surface area contributed by atoms with Crippen LogP contribution in [0.1, 0.15) is 19.4 Å². The molecule has 1 aromatic carbocycles. The van der Waals surface area contributed by atoms with E-state index in [0.29, 0.717) is 5.56 Å². The van der Waals surface area contributed by atoms with E-state index in [1.54, 1.807) is 0 Å². The molecule has 0 bridgehead atoms. The van der Waals surface area contributed by atoms with Crippen LogP contribution >= 0.6 is 0 Å². The Kier molecular flexibility index (Phi) is 3.37. The molecule has 0 aliphatic carbocycles. The smallest absolute Gasteiger partial charge is 0.141 e. The van der Waals surface area contributed by atoms with Gasteiger partial charge < -0.3 is 5.11 Å². The summed E-state index contributed by atoms with van der Waals surface area (Å²) in [6, 6.07) is 3.89. The van der Waals surface area contributed by atoms with Crippen LogP contribution in [0.2, 0.25) is 0 Å². The van der Waals surface area contributed by atoms with Gasteiger partial charge in [0.1, 0.15) is 15.7 Å². The number of hydrogen-bond acceptors (Lipinski definition) is 3. The monoisotopic (exact) mass is 246 g/mol. The van der Waals surface area contributed by atoms with Gasteiger partial charge in [-0.2, -0.15) is 0 Å². The molecule has 0 radical (unpaired) electrons. The summed E-state index contributed by atoms with van der Waals surface area (Å²) in [6.07, 6.45) is 0. The summed E-state index contributed by atoms with van der Waals surface area (Å²) in [4.78, 5) is -0.150. The number of benzene rings is 1. The third kappa shape index (κ3) is 2.58. The quantitative estimate of drug-likeness (QED) is 0.827. The summed E-state index contributed by atoms with van der Waals surface area (Å²) in [6.45, 7) is 3.07. The second-order valence-electron chi connectivity index (χ2n) is 3.96. The van der Waals surface area contributed by atoms with Crippen LogP contribution in [0.25, 0.3) is 0 Å². The summed E-state index contributed by atoms with van der Waals surface area (Å²) < 4.78 is 28.7. The molecule has 0 aliphatic rings. The van der Waals surface area contributed by atoms with E-state index in [1.807, 2.05) is 0 Å². The molecule has 0 fully saturated rings. The molecule has 6 heteroatoms. The van der Waals surface area contributed by atoms with Crippen molar-refractivity contribution in [2.75, 3.05) is 7.05 Å². The third-order valence-corrected chi connectivity index (χ3v) is 3.73. The van der Waals surface area contributed by atoms with Gasteiger partial charge in [0.2, 0.25) is 0 Å². The number of halogens is 1. The summed E-state index contributed by atoms with van der Waals surface area (Å²) in [7, 11) is -1.90. The molecule has 0 saturated heterocycles. The van der Waals surface area contributed by atoms with Crippen LogP contribution in [0.5, 0.6) is 0 Å². The Morgan fingerprint density at radius 3 is 2.44 bits per heavy atom. The lowest BCUT2D eigenvalue weighted by Gasteiger charge is -2.18. The Balaban J connectivity index is 3.38. The minimum atomic E-state index is -3.17. The topological polar surface area (TPSA) is 75.7 Å². The van der Waals surface area contributed by atoms with Gasteiger partial charge in [-0.15, -0.1) is 0 Å². The molecule has 4 nitrogen and oxygen atoms in total. The minimum absolute atomic E-state index is 0.150. The molecule has 1 aromatic rings. The van der Waals surface area contributed by atoms with Crippen molar-refractivity contribution in [1.82, 2.24) is 0 Å². The number of nitrogens with two attached hydrogens (primary N) is 1. The maximum atomic E-state index is 13.6. The summed E-state index contributed by atoms with van der Waals surface area (Å²) >= 11 is 0. The van der Waals surface area contributed by atoms with Crippen molar-refractivity contribution in [3.8, 4) is 0 Å². The molecule has 16 heavy (non-hydrogen) atoms. The van der Waals surface area contributed by atoms with Crippen molar-refractivity contribution >= 4 is 9.92 Å². The van der Waals surface area contributed by atoms with E-state index in [-0.39, 0.29) is 4.90 Å². The standard InChI is InChI=1S/C10H15FN2O2S/c1-10(2,14)7-4-5-9(8(11)6-7)16(12,15)13-3/h4-6,14H,1-3H3,(H2,12,13,15). The van der Waals surface area contributed by atoms with Crippen LogP contribution in [-0.2, 0) is 15.5 Å². The number of aliphatic hydroxyl groups is 1. The first-order chi connectivity index (χ1) is 7.18. The molecule has 0 saturated carbocycles. The molecular formula is C10H15FN2O2S. The van der Waals surface area contributed by atoms with E-state index in [1.165, 1.54) is 33.0 Å². The number of nitrogens with zero attached hydrogens (tertiary/aromatic N) is 1. The maximum Gasteiger partial charge on any atom is 0.141 e. The Labute approximate surface area is 94.6 Å². The van der Waals surface area contributed by atoms with Gasteiger partial charge >= 0.3 is 0 Å². The van der Waals surface area contributed by atoms with Gasteiger partial charge in [0.05, 0.1) is 10.5 Å². The molecule has 90 valence electrons. The van der Waals surface area contributed by atoms with Crippen molar-refractivity contribution in [1.29, 1.82) is 0 Å². The molecule has 0 amide bonds. The second kappa shape index (κ2) is 4.12. The fourth-order valence-electron chi connectivity index (χ4n) is 1.22. The highest BCUT2D eigenvalue weighted by molar-refractivity contribution is 7.91. The zero-order chi connectivity index (χ0) is 12.6. The van der Waals surface area contributed by atoms with Crippen molar-refractivity contribution < 1.29 is 13.7 Å². The maximum absolute atomic E-state index is 13.6. The van der Waals surface area contributed by atoms with Crippen LogP contribution in [-0.4, -0.2) is 16.4 Å². The first-order valence-corrected chi connectivity index (χ1v) is 6.22. The van der Waals surface area contributed by atoms with E-state index < -0.39 is 21.3 Å². The van der Waals surface area contributed by atoms with E-state index in [4.69, 9.17) is 5.14 Å². The summed E-state index contributed by atoms with van der Waals surface area (Å²) in [5.74, 6) is -0.724. The predicted octanol–water partition coefficient (Wildman–Crippen LogP) is 1.38. The largest absolute Gasteiger partial charge is 0.386 e. The number of hydrogen-bond donors (Lipinski definition) is 2. The zero-order valence-electron chi connectivity index (χ0n) is 9.40. The Morgan fingerprint density at radius 2 is 2.06 bits per heavy atom. The van der Waals surface area contributed by atoms with Crippen molar-refractivity contribution in [2.24, 2.45) is 9.50 Å². The highest BCUT2D eigenvalue weighted by Gasteiger charge is 2.20. The molecule has 0 aliphatic heterocycles. The molecule has 0 heterocycles. The lowest BCUT2D eigenvalue weighted by molar-refractivity contribution is 0.0781. The van der Waals surface area contributed by atoms with Gasteiger partial charge in [-0.05, 0) is 31.5 Å². The average Bonchev–Trinajstić information content (AvgIpc) is 2.16. The van der Waals surface area contributed by atoms with Crippen molar-refractivity contribution in [2.45, 2.75) is 24.3 Å². The second-order valence-corrected chi connectivity index (χ2v) is 5.90. The van der Waals surface area contributed by atoms with Gasteiger partial charge in [0.25, 0.3) is 0 Å². The molecular weight excluding hydrogens is 231 g/mol. The molecule has 0 spiro atoms. The Hall–Kier alpha value is -0.980. The van der Waals surface area contributed by atoms with E-state index in [9.17, 15) is 13.7 Å². The van der Waals surface area contributed by atoms with E-state index in [0.717, 1.165) is 6.07 Å². The zero-order valence-corrected chi connectivity index (χ0v) is 10.2. The number of rotatable bonds is 2. The molecule has 1 unspecified atom stereocenters. The van der Waals surface area contributed by atoms with E-state index in [2.05, 4.69) is 4.36 Å². The van der Waals surface area contributed by atoms with Crippen LogP contribution < -0.4 is 5.14 Å². The summed E-state index contributed by atoms with van der Waals surface area (Å²) in [5.41, 5.74) is -0.766. The fourth-order valence-corrected chi connectivity index (χ4v) is 2.01. The highest BCUT2D eigenvalue weighted by atomic mass is 32.2. The van der Waals surface area contributed by atoms with Gasteiger partial charge in [-0.25, -0.2) is 18.1 Å². The SMILES string of the molecule is CN=S(N)(=O)c1ccc(C(C)(C)O)cc1F. The normalized spacial score (nSPS) is 15.6. The average molecular weight is 246 g/mol. The summed E-state index contributed by atoms with van der Waals surface area (Å²) in [5, 5.41) is 15.0. The first kappa shape index (κ1) is 13.1. The van der Waals surface area contributed by atoms with Crippen LogP contribution in [0, 0.1) is 5.82 Å². The third-order valence-electron chi connectivity index (χ3n) is 2.22. The lowest BCUT2D eigenvalue weighted by Crippen LogP contribution is -2.18. The van der Waals surface area contributed by atoms with Crippen LogP contribution in [0.4, 0.5) is 4.39 Å². The molecule has 1 rings (SSSR count). The van der Waals surface area contributed by atoms with Gasteiger partial charge in [0.15, 0.2) is 0 Å². The van der Waals surface area contributed by atoms with Crippen molar-refractivity contribution in [3.05, 3.63) is 29.6 Å². The van der Waals surface area contributed by atoms with Gasteiger partial charge in [-0.3, -0.25) is 0 Å². The first-order valence-electron chi connectivity index (χ1n) is 4.64. The lowest BCUT2D eigenvalue weighted by atomic mass is 9.99. The Bertz CT molecular complexity index is 514. The van der Waals surface area contributed by atoms with Gasteiger partial charge in [0, 0.05) is 7.05 Å². The van der Waals surface area contributed by atoms with Crippen LogP contribution in [0.3, 0.4) is 0 Å². The predicted molar refractivity (Wildman–Crippen MR) is 60.6 cm³/mol. The molecule has 1 atom stereocenters. The fraction of sp³-hybridized carbons (Fsp3) is 0.400. The van der Waals surface area contributed by atoms with Crippen molar-refractivity contribution in [3.63, 3.8) is 0 Å². The van der Waals surface area contributed by atoms with Crippen LogP contribution in [0.15, 0.2) is 27.5 Å². The van der Waals surface area contributed by atoms with E-state index >= 15 is 0 Å². The van der Waals surface area contributed by atoms with Gasteiger partial charge in [-0.1, -0.05) is 6.07 Å². The molecule has 0 aromatic heterocycles. The highest BCUT2D eigenvalue weighted by Crippen LogP contribution is 2.23.